The van der Waals surface area contributed by atoms with Gasteiger partial charge in [0.15, 0.2) is 5.78 Å². The van der Waals surface area contributed by atoms with Gasteiger partial charge in [0.05, 0.1) is 28.7 Å². The quantitative estimate of drug-likeness (QED) is 0.535. The molecule has 0 N–H and O–H groups in total. The summed E-state index contributed by atoms with van der Waals surface area (Å²) in [6.07, 6.45) is 6.73. The molecule has 116 valence electrons. The van der Waals surface area contributed by atoms with E-state index in [-0.39, 0.29) is 5.78 Å². The summed E-state index contributed by atoms with van der Waals surface area (Å²) in [6.45, 7) is 6.01. The molecule has 3 aromatic rings. The molecule has 0 saturated heterocycles. The third-order valence-electron chi connectivity index (χ3n) is 3.72. The van der Waals surface area contributed by atoms with Crippen molar-refractivity contribution in [2.75, 3.05) is 0 Å². The number of nitrogens with zero attached hydrogens (tertiary/aromatic N) is 3. The molecule has 1 aromatic carbocycles. The average molecular weight is 323 g/mol. The highest BCUT2D eigenvalue weighted by Gasteiger charge is 2.14. The molecule has 0 bridgehead atoms. The maximum atomic E-state index is 12.4. The summed E-state index contributed by atoms with van der Waals surface area (Å²) in [5.74, 6) is -0.0487. The van der Waals surface area contributed by atoms with E-state index in [0.717, 1.165) is 21.8 Å². The zero-order chi connectivity index (χ0) is 16.4. The fourth-order valence-corrected chi connectivity index (χ4v) is 2.91. The van der Waals surface area contributed by atoms with Crippen molar-refractivity contribution in [1.82, 2.24) is 14.8 Å². The molecule has 23 heavy (non-hydrogen) atoms. The van der Waals surface area contributed by atoms with Crippen LogP contribution >= 0.6 is 11.3 Å². The molecule has 4 nitrogen and oxygen atoms in total. The number of rotatable bonds is 4. The lowest BCUT2D eigenvalue weighted by atomic mass is 10.1. The Hall–Kier alpha value is -2.53. The van der Waals surface area contributed by atoms with Gasteiger partial charge < -0.3 is 0 Å². The first-order valence-electron chi connectivity index (χ1n) is 7.29. The molecule has 2 aromatic heterocycles. The van der Waals surface area contributed by atoms with E-state index in [9.17, 15) is 4.79 Å². The summed E-state index contributed by atoms with van der Waals surface area (Å²) in [5.41, 5.74) is 6.50. The van der Waals surface area contributed by atoms with Gasteiger partial charge in [0.25, 0.3) is 0 Å². The van der Waals surface area contributed by atoms with Gasteiger partial charge >= 0.3 is 0 Å². The maximum absolute atomic E-state index is 12.4. The second-order valence-corrected chi connectivity index (χ2v) is 6.36. The Balaban J connectivity index is 1.93. The Morgan fingerprint density at radius 2 is 2.04 bits per heavy atom. The first kappa shape index (κ1) is 15.4. The topological polar surface area (TPSA) is 47.8 Å². The van der Waals surface area contributed by atoms with Gasteiger partial charge in [0.1, 0.15) is 0 Å². The first-order chi connectivity index (χ1) is 11.1. The Bertz CT molecular complexity index is 876. The van der Waals surface area contributed by atoms with Gasteiger partial charge in [-0.25, -0.2) is 4.68 Å². The monoisotopic (exact) mass is 323 g/mol. The van der Waals surface area contributed by atoms with Gasteiger partial charge in [-0.15, -0.1) is 11.3 Å². The van der Waals surface area contributed by atoms with E-state index in [1.807, 2.05) is 25.5 Å². The van der Waals surface area contributed by atoms with E-state index >= 15 is 0 Å². The third kappa shape index (κ3) is 3.14. The third-order valence-corrected chi connectivity index (χ3v) is 4.46. The van der Waals surface area contributed by atoms with E-state index in [0.29, 0.717) is 5.56 Å². The normalized spacial score (nSPS) is 11.3. The summed E-state index contributed by atoms with van der Waals surface area (Å²) in [7, 11) is 0. The van der Waals surface area contributed by atoms with E-state index in [4.69, 9.17) is 0 Å². The summed E-state index contributed by atoms with van der Waals surface area (Å²) in [6, 6.07) is 6.22. The lowest BCUT2D eigenvalue weighted by Gasteiger charge is -2.09. The van der Waals surface area contributed by atoms with Gasteiger partial charge in [0.2, 0.25) is 0 Å². The van der Waals surface area contributed by atoms with Gasteiger partial charge in [-0.1, -0.05) is 12.1 Å². The number of allylic oxidation sites excluding steroid dienone is 1. The Morgan fingerprint density at radius 3 is 2.78 bits per heavy atom. The van der Waals surface area contributed by atoms with Crippen LogP contribution in [0, 0.1) is 20.8 Å². The van der Waals surface area contributed by atoms with Gasteiger partial charge in [0, 0.05) is 11.1 Å². The number of carbonyl (C=O) groups excluding carboxylic acids is 1. The van der Waals surface area contributed by atoms with E-state index in [1.165, 1.54) is 16.9 Å². The minimum atomic E-state index is -0.0487. The predicted molar refractivity (Wildman–Crippen MR) is 93.3 cm³/mol. The second-order valence-electron chi connectivity index (χ2n) is 5.45. The Morgan fingerprint density at radius 1 is 1.22 bits per heavy atom. The zero-order valence-corrected chi connectivity index (χ0v) is 14.1. The number of hydrogen-bond donors (Lipinski definition) is 0. The van der Waals surface area contributed by atoms with Crippen molar-refractivity contribution < 1.29 is 4.79 Å². The molecular formula is C18H17N3OS. The van der Waals surface area contributed by atoms with Crippen LogP contribution in [0.4, 0.5) is 0 Å². The number of hydrogen-bond acceptors (Lipinski definition) is 4. The highest BCUT2D eigenvalue weighted by molar-refractivity contribution is 7.10. The molecule has 2 heterocycles. The minimum Gasteiger partial charge on any atom is -0.289 e. The molecule has 0 amide bonds. The first-order valence-corrected chi connectivity index (χ1v) is 8.17. The van der Waals surface area contributed by atoms with Crippen LogP contribution in [-0.4, -0.2) is 20.5 Å². The molecule has 0 aliphatic heterocycles. The van der Waals surface area contributed by atoms with Crippen LogP contribution in [-0.2, 0) is 0 Å². The molecule has 3 rings (SSSR count). The van der Waals surface area contributed by atoms with E-state index < -0.39 is 0 Å². The van der Waals surface area contributed by atoms with Crippen molar-refractivity contribution in [3.63, 3.8) is 0 Å². The fraction of sp³-hybridized carbons (Fsp3) is 0.167. The van der Waals surface area contributed by atoms with Gasteiger partial charge in [-0.05, 0) is 50.1 Å². The molecule has 0 aliphatic carbocycles. The lowest BCUT2D eigenvalue weighted by Crippen LogP contribution is -2.03. The number of carbonyl (C=O) groups is 1. The SMILES string of the molecule is Cc1ccc(C)c(-n2ncc(C(=O)/C=C/c3cncs3)c2C)c1. The van der Waals surface area contributed by atoms with Crippen molar-refractivity contribution in [2.45, 2.75) is 20.8 Å². The molecule has 0 aliphatic rings. The average Bonchev–Trinajstić information content (AvgIpc) is 3.17. The maximum Gasteiger partial charge on any atom is 0.189 e. The molecule has 0 unspecified atom stereocenters. The number of aryl methyl sites for hydroxylation is 2. The standard InChI is InChI=1S/C18H17N3OS/c1-12-4-5-13(2)17(8-12)21-14(3)16(10-20-21)18(22)7-6-15-9-19-11-23-15/h4-11H,1-3H3/b7-6+. The largest absolute Gasteiger partial charge is 0.289 e. The van der Waals surface area contributed by atoms with Gasteiger partial charge in [-0.2, -0.15) is 5.10 Å². The zero-order valence-electron chi connectivity index (χ0n) is 13.3. The van der Waals surface area contributed by atoms with Crippen molar-refractivity contribution in [1.29, 1.82) is 0 Å². The molecule has 0 spiro atoms. The molecule has 5 heteroatoms. The van der Waals surface area contributed by atoms with Crippen molar-refractivity contribution in [3.05, 3.63) is 69.4 Å². The number of ketones is 1. The smallest absolute Gasteiger partial charge is 0.189 e. The summed E-state index contributed by atoms with van der Waals surface area (Å²) in [5, 5.41) is 4.41. The fourth-order valence-electron chi connectivity index (χ4n) is 2.40. The number of thiazole rings is 1. The molecule has 0 radical (unpaired) electrons. The van der Waals surface area contributed by atoms with Crippen LogP contribution in [0.3, 0.4) is 0 Å². The van der Waals surface area contributed by atoms with E-state index in [1.54, 1.807) is 30.1 Å². The van der Waals surface area contributed by atoms with Crippen molar-refractivity contribution in [2.24, 2.45) is 0 Å². The van der Waals surface area contributed by atoms with Crippen LogP contribution in [0.1, 0.15) is 32.1 Å². The highest BCUT2D eigenvalue weighted by Crippen LogP contribution is 2.20. The summed E-state index contributed by atoms with van der Waals surface area (Å²) >= 11 is 1.50. The second kappa shape index (κ2) is 6.30. The van der Waals surface area contributed by atoms with Crippen molar-refractivity contribution in [3.8, 4) is 5.69 Å². The molecule has 0 atom stereocenters. The lowest BCUT2D eigenvalue weighted by molar-refractivity contribution is 0.104. The highest BCUT2D eigenvalue weighted by atomic mass is 32.1. The van der Waals surface area contributed by atoms with Crippen LogP contribution < -0.4 is 0 Å². The number of aromatic nitrogens is 3. The minimum absolute atomic E-state index is 0.0487. The van der Waals surface area contributed by atoms with Crippen LogP contribution in [0.2, 0.25) is 0 Å². The molecule has 0 fully saturated rings. The van der Waals surface area contributed by atoms with Crippen LogP contribution in [0.15, 0.2) is 42.2 Å². The van der Waals surface area contributed by atoms with Crippen molar-refractivity contribution >= 4 is 23.2 Å². The predicted octanol–water partition coefficient (Wildman–Crippen LogP) is 4.15. The van der Waals surface area contributed by atoms with E-state index in [2.05, 4.69) is 28.3 Å². The molecular weight excluding hydrogens is 306 g/mol. The van der Waals surface area contributed by atoms with Gasteiger partial charge in [-0.3, -0.25) is 9.78 Å². The summed E-state index contributed by atoms with van der Waals surface area (Å²) < 4.78 is 1.83. The van der Waals surface area contributed by atoms with Crippen LogP contribution in [0.5, 0.6) is 0 Å². The Kier molecular flexibility index (Phi) is 4.21. The Labute approximate surface area is 139 Å². The molecule has 0 saturated carbocycles. The number of benzene rings is 1. The van der Waals surface area contributed by atoms with Crippen LogP contribution in [0.25, 0.3) is 11.8 Å². The summed E-state index contributed by atoms with van der Waals surface area (Å²) in [4.78, 5) is 17.3.